The molecule has 18 heavy (non-hydrogen) atoms. The van der Waals surface area contributed by atoms with Crippen LogP contribution in [0.2, 0.25) is 0 Å². The Kier molecular flexibility index (Phi) is 2.17. The SMILES string of the molecule is CC1(C(=O)NC2C3C4CCC(C4)C23)COCC1N. The molecule has 0 aromatic rings. The van der Waals surface area contributed by atoms with E-state index >= 15 is 0 Å². The average Bonchev–Trinajstić information content (AvgIpc) is 2.71. The first-order valence-corrected chi connectivity index (χ1v) is 7.25. The van der Waals surface area contributed by atoms with Gasteiger partial charge in [-0.1, -0.05) is 0 Å². The van der Waals surface area contributed by atoms with Gasteiger partial charge in [0, 0.05) is 12.1 Å². The van der Waals surface area contributed by atoms with Crippen LogP contribution < -0.4 is 11.1 Å². The molecule has 4 nitrogen and oxygen atoms in total. The summed E-state index contributed by atoms with van der Waals surface area (Å²) in [4.78, 5) is 12.4. The Bertz CT molecular complexity index is 383. The van der Waals surface area contributed by atoms with E-state index in [0.717, 1.165) is 23.7 Å². The van der Waals surface area contributed by atoms with Crippen molar-refractivity contribution >= 4 is 5.91 Å². The molecule has 0 aromatic heterocycles. The van der Waals surface area contributed by atoms with Gasteiger partial charge in [0.05, 0.1) is 18.6 Å². The Balaban J connectivity index is 1.43. The highest BCUT2D eigenvalue weighted by molar-refractivity contribution is 5.84. The van der Waals surface area contributed by atoms with E-state index in [1.54, 1.807) is 0 Å². The van der Waals surface area contributed by atoms with Crippen molar-refractivity contribution in [2.45, 2.75) is 38.3 Å². The van der Waals surface area contributed by atoms with Crippen molar-refractivity contribution in [1.82, 2.24) is 5.32 Å². The summed E-state index contributed by atoms with van der Waals surface area (Å²) in [6.45, 7) is 2.91. The van der Waals surface area contributed by atoms with E-state index in [1.807, 2.05) is 6.92 Å². The molecule has 3 aliphatic carbocycles. The molecule has 1 saturated heterocycles. The molecule has 1 heterocycles. The number of carbonyl (C=O) groups is 1. The molecule has 0 aromatic carbocycles. The molecule has 1 amide bonds. The van der Waals surface area contributed by atoms with Crippen LogP contribution in [0, 0.1) is 29.1 Å². The topological polar surface area (TPSA) is 64.3 Å². The third-order valence-electron chi connectivity index (χ3n) is 6.07. The molecule has 3 N–H and O–H groups in total. The summed E-state index contributed by atoms with van der Waals surface area (Å²) in [5.74, 6) is 3.48. The monoisotopic (exact) mass is 250 g/mol. The van der Waals surface area contributed by atoms with E-state index in [1.165, 1.54) is 19.3 Å². The number of hydrogen-bond donors (Lipinski definition) is 2. The summed E-state index contributed by atoms with van der Waals surface area (Å²) in [6, 6.07) is 0.293. The molecule has 4 aliphatic rings. The fraction of sp³-hybridized carbons (Fsp3) is 0.929. The molecular formula is C14H22N2O2. The van der Waals surface area contributed by atoms with Crippen molar-refractivity contribution in [3.05, 3.63) is 0 Å². The lowest BCUT2D eigenvalue weighted by Gasteiger charge is -2.26. The second-order valence-corrected chi connectivity index (χ2v) is 7.03. The standard InChI is InChI=1S/C14H22N2O2/c1-14(6-18-5-9(14)15)13(17)16-12-10-7-2-3-8(4-7)11(10)12/h7-12H,2-6,15H2,1H3,(H,16,17). The number of amides is 1. The first-order chi connectivity index (χ1) is 8.61. The summed E-state index contributed by atoms with van der Waals surface area (Å²) in [5, 5.41) is 3.27. The van der Waals surface area contributed by atoms with Gasteiger partial charge in [0.25, 0.3) is 0 Å². The van der Waals surface area contributed by atoms with Gasteiger partial charge in [-0.15, -0.1) is 0 Å². The van der Waals surface area contributed by atoms with Crippen molar-refractivity contribution in [2.75, 3.05) is 13.2 Å². The number of hydrogen-bond acceptors (Lipinski definition) is 3. The summed E-state index contributed by atoms with van der Waals surface area (Å²) >= 11 is 0. The number of rotatable bonds is 2. The lowest BCUT2D eigenvalue weighted by Crippen LogP contribution is -2.51. The summed E-state index contributed by atoms with van der Waals surface area (Å²) in [6.07, 6.45) is 4.19. The predicted molar refractivity (Wildman–Crippen MR) is 66.6 cm³/mol. The Labute approximate surface area is 108 Å². The zero-order valence-electron chi connectivity index (χ0n) is 10.9. The third-order valence-corrected chi connectivity index (χ3v) is 6.07. The zero-order valence-corrected chi connectivity index (χ0v) is 10.9. The van der Waals surface area contributed by atoms with Crippen molar-refractivity contribution in [3.8, 4) is 0 Å². The van der Waals surface area contributed by atoms with E-state index in [2.05, 4.69) is 5.32 Å². The van der Waals surface area contributed by atoms with Crippen molar-refractivity contribution in [3.63, 3.8) is 0 Å². The van der Waals surface area contributed by atoms with Gasteiger partial charge >= 0.3 is 0 Å². The van der Waals surface area contributed by atoms with Gasteiger partial charge in [-0.25, -0.2) is 0 Å². The Hall–Kier alpha value is -0.610. The highest BCUT2D eigenvalue weighted by Crippen LogP contribution is 2.65. The second kappa shape index (κ2) is 3.48. The van der Waals surface area contributed by atoms with Crippen LogP contribution in [-0.2, 0) is 9.53 Å². The highest BCUT2D eigenvalue weighted by atomic mass is 16.5. The first kappa shape index (κ1) is 11.2. The molecular weight excluding hydrogens is 228 g/mol. The van der Waals surface area contributed by atoms with Crippen LogP contribution in [0.3, 0.4) is 0 Å². The maximum atomic E-state index is 12.4. The molecule has 0 spiro atoms. The molecule has 4 heteroatoms. The van der Waals surface area contributed by atoms with Crippen molar-refractivity contribution in [2.24, 2.45) is 34.8 Å². The van der Waals surface area contributed by atoms with Crippen LogP contribution in [0.1, 0.15) is 26.2 Å². The second-order valence-electron chi connectivity index (χ2n) is 7.03. The maximum absolute atomic E-state index is 12.4. The van der Waals surface area contributed by atoms with Gasteiger partial charge in [0.2, 0.25) is 5.91 Å². The van der Waals surface area contributed by atoms with Crippen LogP contribution >= 0.6 is 0 Å². The largest absolute Gasteiger partial charge is 0.379 e. The summed E-state index contributed by atoms with van der Waals surface area (Å²) < 4.78 is 5.36. The van der Waals surface area contributed by atoms with Crippen LogP contribution in [0.15, 0.2) is 0 Å². The molecule has 2 bridgehead atoms. The fourth-order valence-electron chi connectivity index (χ4n) is 4.76. The zero-order chi connectivity index (χ0) is 12.5. The minimum absolute atomic E-state index is 0.117. The van der Waals surface area contributed by atoms with Gasteiger partial charge in [0.1, 0.15) is 0 Å². The van der Waals surface area contributed by atoms with E-state index in [0.29, 0.717) is 19.3 Å². The third kappa shape index (κ3) is 1.31. The quantitative estimate of drug-likeness (QED) is 0.750. The van der Waals surface area contributed by atoms with Gasteiger partial charge in [-0.2, -0.15) is 0 Å². The van der Waals surface area contributed by atoms with Crippen LogP contribution in [0.25, 0.3) is 0 Å². The molecule has 0 radical (unpaired) electrons. The molecule has 6 atom stereocenters. The van der Waals surface area contributed by atoms with Gasteiger partial charge in [0.15, 0.2) is 0 Å². The number of ether oxygens (including phenoxy) is 1. The van der Waals surface area contributed by atoms with Crippen LogP contribution in [0.4, 0.5) is 0 Å². The lowest BCUT2D eigenvalue weighted by molar-refractivity contribution is -0.131. The lowest BCUT2D eigenvalue weighted by atomic mass is 9.84. The van der Waals surface area contributed by atoms with Crippen molar-refractivity contribution in [1.29, 1.82) is 0 Å². The summed E-state index contributed by atoms with van der Waals surface area (Å²) in [5.41, 5.74) is 5.49. The Morgan fingerprint density at radius 2 is 2.00 bits per heavy atom. The van der Waals surface area contributed by atoms with Crippen molar-refractivity contribution < 1.29 is 9.53 Å². The minimum atomic E-state index is -0.518. The van der Waals surface area contributed by atoms with E-state index in [-0.39, 0.29) is 11.9 Å². The van der Waals surface area contributed by atoms with E-state index in [4.69, 9.17) is 10.5 Å². The molecule has 4 fully saturated rings. The highest BCUT2D eigenvalue weighted by Gasteiger charge is 2.66. The average molecular weight is 250 g/mol. The maximum Gasteiger partial charge on any atom is 0.230 e. The Morgan fingerprint density at radius 1 is 1.33 bits per heavy atom. The Morgan fingerprint density at radius 3 is 2.56 bits per heavy atom. The van der Waals surface area contributed by atoms with Gasteiger partial charge < -0.3 is 15.8 Å². The predicted octanol–water partition coefficient (Wildman–Crippen LogP) is 0.511. The number of nitrogens with two attached hydrogens (primary N) is 1. The normalized spacial score (nSPS) is 56.6. The number of nitrogens with one attached hydrogen (secondary N) is 1. The molecule has 100 valence electrons. The molecule has 3 saturated carbocycles. The molecule has 1 aliphatic heterocycles. The number of carbonyl (C=O) groups excluding carboxylic acids is 1. The summed E-state index contributed by atoms with van der Waals surface area (Å²) in [7, 11) is 0. The minimum Gasteiger partial charge on any atom is -0.379 e. The fourth-order valence-corrected chi connectivity index (χ4v) is 4.76. The van der Waals surface area contributed by atoms with E-state index < -0.39 is 5.41 Å². The first-order valence-electron chi connectivity index (χ1n) is 7.25. The van der Waals surface area contributed by atoms with Crippen LogP contribution in [0.5, 0.6) is 0 Å². The number of fused-ring (bicyclic) bond motifs is 5. The molecule has 6 unspecified atom stereocenters. The molecule has 4 rings (SSSR count). The van der Waals surface area contributed by atoms with Crippen LogP contribution in [-0.4, -0.2) is 31.2 Å². The van der Waals surface area contributed by atoms with Gasteiger partial charge in [-0.05, 0) is 49.9 Å². The smallest absolute Gasteiger partial charge is 0.230 e. The van der Waals surface area contributed by atoms with Gasteiger partial charge in [-0.3, -0.25) is 4.79 Å². The van der Waals surface area contributed by atoms with E-state index in [9.17, 15) is 4.79 Å².